The van der Waals surface area contributed by atoms with E-state index in [-0.39, 0.29) is 11.5 Å². The maximum Gasteiger partial charge on any atom is 0.250 e. The molecule has 2 rings (SSSR count). The minimum atomic E-state index is -0.0445. The lowest BCUT2D eigenvalue weighted by atomic mass is 10.2. The van der Waals surface area contributed by atoms with Gasteiger partial charge in [0.1, 0.15) is 5.82 Å². The van der Waals surface area contributed by atoms with Crippen LogP contribution in [0.15, 0.2) is 29.3 Å². The van der Waals surface area contributed by atoms with Gasteiger partial charge in [0.25, 0.3) is 5.56 Å². The van der Waals surface area contributed by atoms with Crippen molar-refractivity contribution >= 4 is 11.8 Å². The molecular formula is C15H21N5O. The fourth-order valence-electron chi connectivity index (χ4n) is 2.03. The third kappa shape index (κ3) is 4.05. The molecule has 0 fully saturated rings. The summed E-state index contributed by atoms with van der Waals surface area (Å²) in [5, 5.41) is 3.26. The number of aromatic nitrogens is 3. The van der Waals surface area contributed by atoms with Crippen molar-refractivity contribution in [2.75, 3.05) is 17.6 Å². The van der Waals surface area contributed by atoms with E-state index in [1.54, 1.807) is 22.9 Å². The highest BCUT2D eigenvalue weighted by Crippen LogP contribution is 2.14. The first-order valence-electron chi connectivity index (χ1n) is 7.12. The third-order valence-electron chi connectivity index (χ3n) is 3.18. The summed E-state index contributed by atoms with van der Waals surface area (Å²) in [7, 11) is 0. The van der Waals surface area contributed by atoms with Gasteiger partial charge in [-0.3, -0.25) is 4.79 Å². The lowest BCUT2D eigenvalue weighted by molar-refractivity contribution is 0.746. The first kappa shape index (κ1) is 15.0. The number of unbranched alkanes of at least 4 members (excludes halogenated alkanes) is 1. The lowest BCUT2D eigenvalue weighted by Gasteiger charge is -2.12. The monoisotopic (exact) mass is 287 g/mol. The first-order chi connectivity index (χ1) is 10.1. The molecule has 0 radical (unpaired) electrons. The number of hydrogen-bond donors (Lipinski definition) is 2. The molecule has 0 aliphatic carbocycles. The molecule has 0 aromatic carbocycles. The molecule has 0 atom stereocenters. The van der Waals surface area contributed by atoms with E-state index >= 15 is 0 Å². The Morgan fingerprint density at radius 3 is 2.95 bits per heavy atom. The summed E-state index contributed by atoms with van der Waals surface area (Å²) in [5.74, 6) is 0.929. The Bertz CT molecular complexity index is 665. The molecule has 2 heterocycles. The zero-order valence-electron chi connectivity index (χ0n) is 12.5. The van der Waals surface area contributed by atoms with Crippen LogP contribution in [-0.4, -0.2) is 21.1 Å². The van der Waals surface area contributed by atoms with E-state index in [1.807, 2.05) is 13.1 Å². The van der Waals surface area contributed by atoms with Crippen LogP contribution in [0.25, 0.3) is 0 Å². The minimum absolute atomic E-state index is 0.0445. The molecular weight excluding hydrogens is 266 g/mol. The second-order valence-corrected chi connectivity index (χ2v) is 5.05. The maximum atomic E-state index is 11.9. The van der Waals surface area contributed by atoms with Crippen LogP contribution in [0.5, 0.6) is 0 Å². The molecule has 0 spiro atoms. The Balaban J connectivity index is 2.26. The summed E-state index contributed by atoms with van der Waals surface area (Å²) in [6.45, 7) is 5.33. The number of aryl methyl sites for hydroxylation is 1. The minimum Gasteiger partial charge on any atom is -0.370 e. The molecule has 2 aromatic heterocycles. The molecule has 0 bridgehead atoms. The Hall–Kier alpha value is -2.37. The Kier molecular flexibility index (Phi) is 4.92. The zero-order valence-corrected chi connectivity index (χ0v) is 12.5. The van der Waals surface area contributed by atoms with Gasteiger partial charge in [-0.15, -0.1) is 0 Å². The van der Waals surface area contributed by atoms with Gasteiger partial charge in [0, 0.05) is 30.6 Å². The van der Waals surface area contributed by atoms with E-state index in [0.29, 0.717) is 12.4 Å². The van der Waals surface area contributed by atoms with E-state index in [2.05, 4.69) is 22.2 Å². The topological polar surface area (TPSA) is 85.8 Å². The quantitative estimate of drug-likeness (QED) is 0.791. The maximum absolute atomic E-state index is 11.9. The molecule has 0 unspecified atom stereocenters. The predicted octanol–water partition coefficient (Wildman–Crippen LogP) is 1.79. The molecule has 2 aromatic rings. The average molecular weight is 287 g/mol. The van der Waals surface area contributed by atoms with Crippen molar-refractivity contribution in [2.24, 2.45) is 0 Å². The van der Waals surface area contributed by atoms with Crippen LogP contribution in [0.1, 0.15) is 30.9 Å². The van der Waals surface area contributed by atoms with Gasteiger partial charge in [-0.25, -0.2) is 4.98 Å². The second-order valence-electron chi connectivity index (χ2n) is 5.05. The number of nitrogens with zero attached hydrogens (tertiary/aromatic N) is 3. The Morgan fingerprint density at radius 1 is 1.38 bits per heavy atom. The van der Waals surface area contributed by atoms with Crippen LogP contribution >= 0.6 is 0 Å². The molecule has 3 N–H and O–H groups in total. The highest BCUT2D eigenvalue weighted by Gasteiger charge is 2.07. The van der Waals surface area contributed by atoms with Gasteiger partial charge in [0.2, 0.25) is 5.95 Å². The highest BCUT2D eigenvalue weighted by molar-refractivity contribution is 5.46. The molecule has 0 aliphatic heterocycles. The fourth-order valence-corrected chi connectivity index (χ4v) is 2.03. The van der Waals surface area contributed by atoms with Crippen molar-refractivity contribution < 1.29 is 0 Å². The normalized spacial score (nSPS) is 10.6. The van der Waals surface area contributed by atoms with E-state index in [1.165, 1.54) is 0 Å². The predicted molar refractivity (Wildman–Crippen MR) is 84.4 cm³/mol. The number of pyridine rings is 1. The lowest BCUT2D eigenvalue weighted by Crippen LogP contribution is -2.20. The molecule has 0 amide bonds. The SMILES string of the molecule is CCCCNc1nc(N)ncc1Cn1cc(C)ccc1=O. The number of nitrogens with one attached hydrogen (secondary N) is 1. The van der Waals surface area contributed by atoms with Gasteiger partial charge in [-0.05, 0) is 18.9 Å². The fraction of sp³-hybridized carbons (Fsp3) is 0.400. The number of hydrogen-bond acceptors (Lipinski definition) is 5. The standard InChI is InChI=1S/C15H21N5O/c1-3-4-7-17-14-12(8-18-15(16)19-14)10-20-9-11(2)5-6-13(20)21/h5-6,8-9H,3-4,7,10H2,1-2H3,(H3,16,17,18,19). The summed E-state index contributed by atoms with van der Waals surface area (Å²) in [4.78, 5) is 20.2. The van der Waals surface area contributed by atoms with Crippen molar-refractivity contribution in [3.8, 4) is 0 Å². The van der Waals surface area contributed by atoms with E-state index < -0.39 is 0 Å². The van der Waals surface area contributed by atoms with Crippen LogP contribution in [0.3, 0.4) is 0 Å². The average Bonchev–Trinajstić information content (AvgIpc) is 2.46. The van der Waals surface area contributed by atoms with Crippen molar-refractivity contribution in [2.45, 2.75) is 33.2 Å². The largest absolute Gasteiger partial charge is 0.370 e. The van der Waals surface area contributed by atoms with Crippen molar-refractivity contribution in [3.63, 3.8) is 0 Å². The number of nitrogen functional groups attached to an aromatic ring is 1. The van der Waals surface area contributed by atoms with Crippen molar-refractivity contribution in [1.82, 2.24) is 14.5 Å². The molecule has 6 nitrogen and oxygen atoms in total. The van der Waals surface area contributed by atoms with Crippen molar-refractivity contribution in [1.29, 1.82) is 0 Å². The highest BCUT2D eigenvalue weighted by atomic mass is 16.1. The van der Waals surface area contributed by atoms with Crippen LogP contribution in [0.4, 0.5) is 11.8 Å². The summed E-state index contributed by atoms with van der Waals surface area (Å²) < 4.78 is 1.65. The zero-order chi connectivity index (χ0) is 15.2. The van der Waals surface area contributed by atoms with E-state index in [0.717, 1.165) is 30.5 Å². The van der Waals surface area contributed by atoms with Crippen LogP contribution < -0.4 is 16.6 Å². The van der Waals surface area contributed by atoms with Gasteiger partial charge >= 0.3 is 0 Å². The summed E-state index contributed by atoms with van der Waals surface area (Å²) in [6, 6.07) is 3.37. The molecule has 6 heteroatoms. The Labute approximate surface area is 124 Å². The summed E-state index contributed by atoms with van der Waals surface area (Å²) >= 11 is 0. The van der Waals surface area contributed by atoms with Crippen LogP contribution in [0.2, 0.25) is 0 Å². The smallest absolute Gasteiger partial charge is 0.250 e. The van der Waals surface area contributed by atoms with Crippen LogP contribution in [-0.2, 0) is 6.54 Å². The second kappa shape index (κ2) is 6.88. The van der Waals surface area contributed by atoms with Crippen LogP contribution in [0, 0.1) is 6.92 Å². The van der Waals surface area contributed by atoms with Gasteiger partial charge in [-0.1, -0.05) is 19.4 Å². The molecule has 112 valence electrons. The molecule has 0 saturated heterocycles. The summed E-state index contributed by atoms with van der Waals surface area (Å²) in [6.07, 6.45) is 5.65. The van der Waals surface area contributed by atoms with Gasteiger partial charge in [0.05, 0.1) is 6.54 Å². The third-order valence-corrected chi connectivity index (χ3v) is 3.18. The van der Waals surface area contributed by atoms with Gasteiger partial charge in [0.15, 0.2) is 0 Å². The molecule has 0 saturated carbocycles. The van der Waals surface area contributed by atoms with Gasteiger partial charge < -0.3 is 15.6 Å². The summed E-state index contributed by atoms with van der Waals surface area (Å²) in [5.41, 5.74) is 7.49. The van der Waals surface area contributed by atoms with E-state index in [4.69, 9.17) is 5.73 Å². The van der Waals surface area contributed by atoms with Gasteiger partial charge in [-0.2, -0.15) is 4.98 Å². The number of rotatable bonds is 6. The van der Waals surface area contributed by atoms with Crippen molar-refractivity contribution in [3.05, 3.63) is 46.0 Å². The van der Waals surface area contributed by atoms with E-state index in [9.17, 15) is 4.79 Å². The number of nitrogens with two attached hydrogens (primary N) is 1. The first-order valence-corrected chi connectivity index (χ1v) is 7.12. The number of anilines is 2. The molecule has 21 heavy (non-hydrogen) atoms. The molecule has 0 aliphatic rings. The Morgan fingerprint density at radius 2 is 2.19 bits per heavy atom.